The molecule has 0 aromatic heterocycles. The third-order valence-electron chi connectivity index (χ3n) is 4.28. The summed E-state index contributed by atoms with van der Waals surface area (Å²) in [6.07, 6.45) is 4.07. The number of hydrogen-bond acceptors (Lipinski definition) is 1. The third-order valence-corrected chi connectivity index (χ3v) is 4.28. The molecule has 1 aromatic rings. The fourth-order valence-corrected chi connectivity index (χ4v) is 2.64. The molecule has 1 aliphatic rings. The van der Waals surface area contributed by atoms with Gasteiger partial charge in [0.15, 0.2) is 0 Å². The Labute approximate surface area is 106 Å². The molecular weight excluding hydrogens is 206 g/mol. The van der Waals surface area contributed by atoms with E-state index in [9.17, 15) is 0 Å². The predicted octanol–water partition coefficient (Wildman–Crippen LogP) is 3.72. The van der Waals surface area contributed by atoms with Gasteiger partial charge in [0.1, 0.15) is 0 Å². The van der Waals surface area contributed by atoms with E-state index in [4.69, 9.17) is 0 Å². The standard InChI is InChI=1S/C16H25N/c1-12(2)17-11-16(8-5-9-16)15-7-6-13(3)14(4)10-15/h6-7,10,12,17H,5,8-9,11H2,1-4H3. The Morgan fingerprint density at radius 2 is 1.88 bits per heavy atom. The average molecular weight is 231 g/mol. The first-order valence-electron chi connectivity index (χ1n) is 6.85. The van der Waals surface area contributed by atoms with Crippen molar-refractivity contribution >= 4 is 0 Å². The van der Waals surface area contributed by atoms with Crippen LogP contribution in [0.5, 0.6) is 0 Å². The molecule has 0 unspecified atom stereocenters. The Hall–Kier alpha value is -0.820. The van der Waals surface area contributed by atoms with Crippen LogP contribution in [0.3, 0.4) is 0 Å². The lowest BCUT2D eigenvalue weighted by Gasteiger charge is -2.43. The summed E-state index contributed by atoms with van der Waals surface area (Å²) >= 11 is 0. The summed E-state index contributed by atoms with van der Waals surface area (Å²) in [5.41, 5.74) is 4.79. The second-order valence-corrected chi connectivity index (χ2v) is 5.97. The highest BCUT2D eigenvalue weighted by Crippen LogP contribution is 2.43. The molecular formula is C16H25N. The maximum Gasteiger partial charge on any atom is 0.00779 e. The fourth-order valence-electron chi connectivity index (χ4n) is 2.64. The van der Waals surface area contributed by atoms with Crippen LogP contribution >= 0.6 is 0 Å². The van der Waals surface area contributed by atoms with E-state index in [0.717, 1.165) is 6.54 Å². The maximum atomic E-state index is 3.62. The van der Waals surface area contributed by atoms with Gasteiger partial charge < -0.3 is 5.32 Å². The van der Waals surface area contributed by atoms with Crippen molar-refractivity contribution in [2.45, 2.75) is 58.4 Å². The van der Waals surface area contributed by atoms with Crippen molar-refractivity contribution in [2.24, 2.45) is 0 Å². The van der Waals surface area contributed by atoms with Crippen LogP contribution < -0.4 is 5.32 Å². The summed E-state index contributed by atoms with van der Waals surface area (Å²) in [6.45, 7) is 10.0. The molecule has 17 heavy (non-hydrogen) atoms. The summed E-state index contributed by atoms with van der Waals surface area (Å²) in [5, 5.41) is 3.62. The Morgan fingerprint density at radius 1 is 1.18 bits per heavy atom. The van der Waals surface area contributed by atoms with Gasteiger partial charge in [0.25, 0.3) is 0 Å². The minimum Gasteiger partial charge on any atom is -0.314 e. The quantitative estimate of drug-likeness (QED) is 0.832. The van der Waals surface area contributed by atoms with E-state index < -0.39 is 0 Å². The minimum atomic E-state index is 0.419. The predicted molar refractivity (Wildman–Crippen MR) is 74.6 cm³/mol. The summed E-state index contributed by atoms with van der Waals surface area (Å²) in [5.74, 6) is 0. The van der Waals surface area contributed by atoms with Crippen LogP contribution in [0.4, 0.5) is 0 Å². The molecule has 1 N–H and O–H groups in total. The zero-order valence-electron chi connectivity index (χ0n) is 11.6. The number of nitrogens with one attached hydrogen (secondary N) is 1. The lowest BCUT2D eigenvalue weighted by Crippen LogP contribution is -2.45. The van der Waals surface area contributed by atoms with Crippen molar-refractivity contribution in [3.8, 4) is 0 Å². The van der Waals surface area contributed by atoms with Gasteiger partial charge in [-0.25, -0.2) is 0 Å². The highest BCUT2D eigenvalue weighted by Gasteiger charge is 2.38. The van der Waals surface area contributed by atoms with Gasteiger partial charge in [-0.15, -0.1) is 0 Å². The van der Waals surface area contributed by atoms with Gasteiger partial charge in [-0.1, -0.05) is 38.5 Å². The molecule has 2 rings (SSSR count). The van der Waals surface area contributed by atoms with Crippen LogP contribution in [0.2, 0.25) is 0 Å². The molecule has 1 aliphatic carbocycles. The highest BCUT2D eigenvalue weighted by atomic mass is 14.9. The third kappa shape index (κ3) is 2.55. The van der Waals surface area contributed by atoms with Crippen LogP contribution in [0.25, 0.3) is 0 Å². The average Bonchev–Trinajstić information content (AvgIpc) is 2.21. The number of hydrogen-bond donors (Lipinski definition) is 1. The molecule has 1 saturated carbocycles. The largest absolute Gasteiger partial charge is 0.314 e. The summed E-state index contributed by atoms with van der Waals surface area (Å²) in [6, 6.07) is 7.60. The molecule has 0 saturated heterocycles. The first-order chi connectivity index (χ1) is 8.03. The summed E-state index contributed by atoms with van der Waals surface area (Å²) < 4.78 is 0. The Morgan fingerprint density at radius 3 is 2.35 bits per heavy atom. The van der Waals surface area contributed by atoms with Crippen molar-refractivity contribution in [3.05, 3.63) is 34.9 Å². The molecule has 1 aromatic carbocycles. The Balaban J connectivity index is 2.19. The monoisotopic (exact) mass is 231 g/mol. The minimum absolute atomic E-state index is 0.419. The molecule has 0 spiro atoms. The van der Waals surface area contributed by atoms with Crippen molar-refractivity contribution in [2.75, 3.05) is 6.54 Å². The smallest absolute Gasteiger partial charge is 0.00779 e. The van der Waals surface area contributed by atoms with Crippen molar-refractivity contribution < 1.29 is 0 Å². The van der Waals surface area contributed by atoms with Gasteiger partial charge in [0.2, 0.25) is 0 Å². The lowest BCUT2D eigenvalue weighted by atomic mass is 9.64. The maximum absolute atomic E-state index is 3.62. The molecule has 0 radical (unpaired) electrons. The van der Waals surface area contributed by atoms with Gasteiger partial charge in [0.05, 0.1) is 0 Å². The first kappa shape index (κ1) is 12.6. The van der Waals surface area contributed by atoms with Gasteiger partial charge in [-0.3, -0.25) is 0 Å². The molecule has 0 bridgehead atoms. The number of rotatable bonds is 4. The molecule has 0 aliphatic heterocycles. The van der Waals surface area contributed by atoms with E-state index in [1.807, 2.05) is 0 Å². The topological polar surface area (TPSA) is 12.0 Å². The van der Waals surface area contributed by atoms with Crippen LogP contribution in [0.15, 0.2) is 18.2 Å². The zero-order chi connectivity index (χ0) is 12.5. The molecule has 0 heterocycles. The summed E-state index contributed by atoms with van der Waals surface area (Å²) in [7, 11) is 0. The highest BCUT2D eigenvalue weighted by molar-refractivity contribution is 5.36. The van der Waals surface area contributed by atoms with Crippen molar-refractivity contribution in [3.63, 3.8) is 0 Å². The van der Waals surface area contributed by atoms with E-state index in [0.29, 0.717) is 11.5 Å². The van der Waals surface area contributed by atoms with Crippen LogP contribution in [0, 0.1) is 13.8 Å². The molecule has 1 nitrogen and oxygen atoms in total. The van der Waals surface area contributed by atoms with E-state index in [-0.39, 0.29) is 0 Å². The van der Waals surface area contributed by atoms with Crippen LogP contribution in [-0.4, -0.2) is 12.6 Å². The molecule has 1 heteroatoms. The van der Waals surface area contributed by atoms with Crippen molar-refractivity contribution in [1.82, 2.24) is 5.32 Å². The van der Waals surface area contributed by atoms with Crippen LogP contribution in [-0.2, 0) is 5.41 Å². The van der Waals surface area contributed by atoms with Crippen LogP contribution in [0.1, 0.15) is 49.8 Å². The van der Waals surface area contributed by atoms with E-state index in [1.54, 1.807) is 5.56 Å². The Bertz CT molecular complexity index is 389. The van der Waals surface area contributed by atoms with E-state index in [2.05, 4.69) is 51.2 Å². The fraction of sp³-hybridized carbons (Fsp3) is 0.625. The second kappa shape index (κ2) is 4.81. The van der Waals surface area contributed by atoms with Crippen molar-refractivity contribution in [1.29, 1.82) is 0 Å². The molecule has 1 fully saturated rings. The Kier molecular flexibility index (Phi) is 3.58. The number of aryl methyl sites for hydroxylation is 2. The second-order valence-electron chi connectivity index (χ2n) is 5.97. The molecule has 0 atom stereocenters. The number of benzene rings is 1. The molecule has 94 valence electrons. The van der Waals surface area contributed by atoms with Gasteiger partial charge >= 0.3 is 0 Å². The van der Waals surface area contributed by atoms with E-state index >= 15 is 0 Å². The summed E-state index contributed by atoms with van der Waals surface area (Å²) in [4.78, 5) is 0. The first-order valence-corrected chi connectivity index (χ1v) is 6.85. The normalized spacial score (nSPS) is 18.2. The van der Waals surface area contributed by atoms with E-state index in [1.165, 1.54) is 30.4 Å². The van der Waals surface area contributed by atoms with Gasteiger partial charge in [-0.05, 0) is 43.4 Å². The SMILES string of the molecule is Cc1ccc(C2(CNC(C)C)CCC2)cc1C. The molecule has 0 amide bonds. The lowest BCUT2D eigenvalue weighted by molar-refractivity contribution is 0.228. The zero-order valence-corrected chi connectivity index (χ0v) is 11.6. The van der Waals surface area contributed by atoms with Gasteiger partial charge in [-0.2, -0.15) is 0 Å². The van der Waals surface area contributed by atoms with Gasteiger partial charge in [0, 0.05) is 18.0 Å².